The molecule has 0 heterocycles. The van der Waals surface area contributed by atoms with Gasteiger partial charge < -0.3 is 9.47 Å². The first-order chi connectivity index (χ1) is 8.81. The Morgan fingerprint density at radius 3 is 2.78 bits per heavy atom. The van der Waals surface area contributed by atoms with Crippen LogP contribution in [-0.4, -0.2) is 13.6 Å². The zero-order valence-corrected chi connectivity index (χ0v) is 10.3. The van der Waals surface area contributed by atoms with Crippen LogP contribution in [0.15, 0.2) is 30.4 Å². The Balaban J connectivity index is 1.92. The lowest BCUT2D eigenvalue weighted by Gasteiger charge is -2.21. The largest absolute Gasteiger partial charge is 0.496 e. The van der Waals surface area contributed by atoms with Crippen molar-refractivity contribution < 1.29 is 14.3 Å². The van der Waals surface area contributed by atoms with Crippen molar-refractivity contribution in [1.29, 1.82) is 0 Å². The van der Waals surface area contributed by atoms with Crippen molar-refractivity contribution in [2.24, 2.45) is 11.8 Å². The third-order valence-electron chi connectivity index (χ3n) is 4.07. The first kappa shape index (κ1) is 11.3. The molecule has 94 valence electrons. The number of carbonyl (C=O) groups excluding carboxylic acids is 1. The summed E-state index contributed by atoms with van der Waals surface area (Å²) in [4.78, 5) is 10.3. The fraction of sp³-hybridized carbons (Fsp3) is 0.400. The molecule has 0 N–H and O–H groups in total. The summed E-state index contributed by atoms with van der Waals surface area (Å²) in [5, 5.41) is 0. The number of allylic oxidation sites excluding steroid dienone is 2. The molecule has 3 atom stereocenters. The summed E-state index contributed by atoms with van der Waals surface area (Å²) in [6.45, 7) is 0.439. The maximum atomic E-state index is 10.3. The maximum absolute atomic E-state index is 10.3. The summed E-state index contributed by atoms with van der Waals surface area (Å²) in [6, 6.07) is 5.65. The number of benzene rings is 1. The first-order valence-electron chi connectivity index (χ1n) is 6.28. The fourth-order valence-electron chi connectivity index (χ4n) is 3.26. The summed E-state index contributed by atoms with van der Waals surface area (Å²) in [5.74, 6) is 3.27. The average molecular weight is 244 g/mol. The SMILES string of the molecule is COc1cc(OC=O)ccc1C1CC2C=CC1C2. The molecule has 3 nitrogen and oxygen atoms in total. The maximum Gasteiger partial charge on any atom is 0.298 e. The molecule has 1 fully saturated rings. The summed E-state index contributed by atoms with van der Waals surface area (Å²) < 4.78 is 10.3. The number of fused-ring (bicyclic) bond motifs is 2. The number of hydrogen-bond acceptors (Lipinski definition) is 3. The van der Waals surface area contributed by atoms with Crippen LogP contribution in [0.25, 0.3) is 0 Å². The van der Waals surface area contributed by atoms with Gasteiger partial charge in [0.1, 0.15) is 11.5 Å². The Bertz CT molecular complexity index is 493. The molecule has 2 aliphatic carbocycles. The van der Waals surface area contributed by atoms with Crippen LogP contribution in [0, 0.1) is 11.8 Å². The van der Waals surface area contributed by atoms with Gasteiger partial charge in [-0.3, -0.25) is 4.79 Å². The quantitative estimate of drug-likeness (QED) is 0.603. The van der Waals surface area contributed by atoms with Crippen LogP contribution in [0.1, 0.15) is 24.3 Å². The van der Waals surface area contributed by atoms with E-state index in [0.717, 1.165) is 11.7 Å². The topological polar surface area (TPSA) is 35.5 Å². The van der Waals surface area contributed by atoms with E-state index in [-0.39, 0.29) is 0 Å². The van der Waals surface area contributed by atoms with Crippen LogP contribution in [-0.2, 0) is 4.79 Å². The third-order valence-corrected chi connectivity index (χ3v) is 4.07. The Morgan fingerprint density at radius 1 is 1.28 bits per heavy atom. The first-order valence-corrected chi connectivity index (χ1v) is 6.28. The predicted molar refractivity (Wildman–Crippen MR) is 67.8 cm³/mol. The fourth-order valence-corrected chi connectivity index (χ4v) is 3.26. The Morgan fingerprint density at radius 2 is 2.17 bits per heavy atom. The Kier molecular flexibility index (Phi) is 2.82. The van der Waals surface area contributed by atoms with Crippen molar-refractivity contribution in [3.05, 3.63) is 35.9 Å². The van der Waals surface area contributed by atoms with E-state index in [9.17, 15) is 4.79 Å². The standard InChI is InChI=1S/C15H16O3/c1-17-15-8-12(18-9-16)4-5-13(15)14-7-10-2-3-11(14)6-10/h2-5,8-11,14H,6-7H2,1H3. The van der Waals surface area contributed by atoms with Crippen molar-refractivity contribution in [2.75, 3.05) is 7.11 Å². The molecule has 18 heavy (non-hydrogen) atoms. The molecule has 0 spiro atoms. The van der Waals surface area contributed by atoms with Gasteiger partial charge in [0.15, 0.2) is 0 Å². The lowest BCUT2D eigenvalue weighted by Crippen LogP contribution is -2.07. The minimum Gasteiger partial charge on any atom is -0.496 e. The molecule has 0 aromatic heterocycles. The van der Waals surface area contributed by atoms with E-state index in [2.05, 4.69) is 12.2 Å². The predicted octanol–water partition coefficient (Wildman–Crippen LogP) is 2.91. The summed E-state index contributed by atoms with van der Waals surface area (Å²) in [6.07, 6.45) is 7.12. The lowest BCUT2D eigenvalue weighted by molar-refractivity contribution is -0.120. The van der Waals surface area contributed by atoms with Gasteiger partial charge in [-0.15, -0.1) is 0 Å². The smallest absolute Gasteiger partial charge is 0.298 e. The van der Waals surface area contributed by atoms with Gasteiger partial charge in [-0.2, -0.15) is 0 Å². The molecule has 3 rings (SSSR count). The minimum absolute atomic E-state index is 0.439. The summed E-state index contributed by atoms with van der Waals surface area (Å²) in [7, 11) is 1.66. The monoisotopic (exact) mass is 244 g/mol. The van der Waals surface area contributed by atoms with Crippen molar-refractivity contribution in [3.8, 4) is 11.5 Å². The second kappa shape index (κ2) is 4.48. The van der Waals surface area contributed by atoms with Gasteiger partial charge in [0, 0.05) is 6.07 Å². The molecule has 0 aliphatic heterocycles. The molecular formula is C15H16O3. The van der Waals surface area contributed by atoms with Crippen molar-refractivity contribution in [2.45, 2.75) is 18.8 Å². The van der Waals surface area contributed by atoms with Crippen molar-refractivity contribution in [1.82, 2.24) is 0 Å². The second-order valence-electron chi connectivity index (χ2n) is 5.00. The van der Waals surface area contributed by atoms with Crippen LogP contribution in [0.4, 0.5) is 0 Å². The molecule has 0 amide bonds. The normalized spacial score (nSPS) is 28.4. The van der Waals surface area contributed by atoms with E-state index in [1.165, 1.54) is 18.4 Å². The third kappa shape index (κ3) is 1.80. The number of ether oxygens (including phenoxy) is 2. The van der Waals surface area contributed by atoms with Crippen LogP contribution in [0.3, 0.4) is 0 Å². The van der Waals surface area contributed by atoms with Gasteiger partial charge in [-0.1, -0.05) is 18.2 Å². The van der Waals surface area contributed by atoms with Gasteiger partial charge in [0.25, 0.3) is 6.47 Å². The molecule has 2 bridgehead atoms. The van der Waals surface area contributed by atoms with Gasteiger partial charge in [-0.25, -0.2) is 0 Å². The summed E-state index contributed by atoms with van der Waals surface area (Å²) >= 11 is 0. The van der Waals surface area contributed by atoms with E-state index in [1.54, 1.807) is 13.2 Å². The number of rotatable bonds is 4. The van der Waals surface area contributed by atoms with Crippen LogP contribution >= 0.6 is 0 Å². The number of hydrogen-bond donors (Lipinski definition) is 0. The molecule has 0 radical (unpaired) electrons. The Labute approximate surface area is 106 Å². The molecule has 0 saturated heterocycles. The van der Waals surface area contributed by atoms with Crippen molar-refractivity contribution >= 4 is 6.47 Å². The molecule has 3 unspecified atom stereocenters. The zero-order chi connectivity index (χ0) is 12.5. The van der Waals surface area contributed by atoms with Gasteiger partial charge >= 0.3 is 0 Å². The van der Waals surface area contributed by atoms with Crippen LogP contribution in [0.5, 0.6) is 11.5 Å². The molecule has 3 heteroatoms. The summed E-state index contributed by atoms with van der Waals surface area (Å²) in [5.41, 5.74) is 1.23. The number of methoxy groups -OCH3 is 1. The van der Waals surface area contributed by atoms with Gasteiger partial charge in [0.05, 0.1) is 7.11 Å². The molecule has 2 aliphatic rings. The highest BCUT2D eigenvalue weighted by Crippen LogP contribution is 2.51. The highest BCUT2D eigenvalue weighted by molar-refractivity contribution is 5.50. The Hall–Kier alpha value is -1.77. The molecule has 1 aromatic rings. The van der Waals surface area contributed by atoms with E-state index >= 15 is 0 Å². The van der Waals surface area contributed by atoms with E-state index in [4.69, 9.17) is 9.47 Å². The van der Waals surface area contributed by atoms with E-state index < -0.39 is 0 Å². The molecule has 1 saturated carbocycles. The van der Waals surface area contributed by atoms with Crippen molar-refractivity contribution in [3.63, 3.8) is 0 Å². The second-order valence-corrected chi connectivity index (χ2v) is 5.00. The number of carbonyl (C=O) groups is 1. The highest BCUT2D eigenvalue weighted by Gasteiger charge is 2.37. The minimum atomic E-state index is 0.439. The van der Waals surface area contributed by atoms with E-state index in [1.807, 2.05) is 12.1 Å². The molecule has 1 aromatic carbocycles. The van der Waals surface area contributed by atoms with Crippen LogP contribution in [0.2, 0.25) is 0 Å². The lowest BCUT2D eigenvalue weighted by atomic mass is 9.86. The van der Waals surface area contributed by atoms with Gasteiger partial charge in [0.2, 0.25) is 0 Å². The zero-order valence-electron chi connectivity index (χ0n) is 10.3. The average Bonchev–Trinajstić information content (AvgIpc) is 3.01. The van der Waals surface area contributed by atoms with Crippen LogP contribution < -0.4 is 9.47 Å². The molecular weight excluding hydrogens is 228 g/mol. The highest BCUT2D eigenvalue weighted by atomic mass is 16.5. The van der Waals surface area contributed by atoms with Gasteiger partial charge in [-0.05, 0) is 42.2 Å². The van der Waals surface area contributed by atoms with E-state index in [0.29, 0.717) is 24.1 Å².